The molecular weight excluding hydrogens is 520 g/mol. The van der Waals surface area contributed by atoms with Gasteiger partial charge < -0.3 is 25.0 Å². The van der Waals surface area contributed by atoms with Crippen LogP contribution in [0.4, 0.5) is 5.69 Å². The van der Waals surface area contributed by atoms with Crippen LogP contribution in [0.5, 0.6) is 0 Å². The lowest BCUT2D eigenvalue weighted by molar-refractivity contribution is -0.142. The summed E-state index contributed by atoms with van der Waals surface area (Å²) in [6.45, 7) is 12.5. The van der Waals surface area contributed by atoms with Crippen molar-refractivity contribution in [3.05, 3.63) is 41.5 Å². The summed E-state index contributed by atoms with van der Waals surface area (Å²) < 4.78 is 12.0. The van der Waals surface area contributed by atoms with Crippen LogP contribution in [0.25, 0.3) is 0 Å². The molecule has 8 atom stereocenters. The van der Waals surface area contributed by atoms with Gasteiger partial charge in [-0.05, 0) is 55.4 Å². The van der Waals surface area contributed by atoms with Crippen molar-refractivity contribution in [3.63, 3.8) is 0 Å². The topological polar surface area (TPSA) is 100 Å². The van der Waals surface area contributed by atoms with Gasteiger partial charge in [0.1, 0.15) is 11.6 Å². The van der Waals surface area contributed by atoms with E-state index in [1.165, 1.54) is 0 Å². The summed E-state index contributed by atoms with van der Waals surface area (Å²) >= 11 is 0. The highest BCUT2D eigenvalue weighted by Crippen LogP contribution is 2.55. The summed E-state index contributed by atoms with van der Waals surface area (Å²) in [5.41, 5.74) is 1.78. The van der Waals surface area contributed by atoms with E-state index >= 15 is 0 Å². The van der Waals surface area contributed by atoms with E-state index in [1.807, 2.05) is 44.2 Å². The maximum absolute atomic E-state index is 14.2. The number of morpholine rings is 1. The number of amides is 3. The van der Waals surface area contributed by atoms with Crippen LogP contribution >= 0.6 is 0 Å². The van der Waals surface area contributed by atoms with Crippen molar-refractivity contribution >= 4 is 23.4 Å². The number of nitrogens with one attached hydrogen (secondary N) is 2. The van der Waals surface area contributed by atoms with Gasteiger partial charge in [-0.1, -0.05) is 44.9 Å². The minimum atomic E-state index is -1.15. The maximum atomic E-state index is 14.2. The van der Waals surface area contributed by atoms with Gasteiger partial charge in [-0.3, -0.25) is 19.3 Å². The molecule has 1 spiro atoms. The van der Waals surface area contributed by atoms with E-state index in [0.717, 1.165) is 43.5 Å². The first-order chi connectivity index (χ1) is 19.7. The molecule has 6 rings (SSSR count). The van der Waals surface area contributed by atoms with Crippen molar-refractivity contribution < 1.29 is 23.9 Å². The molecule has 4 aliphatic heterocycles. The number of aryl methyl sites for hydroxylation is 2. The van der Waals surface area contributed by atoms with Crippen molar-refractivity contribution in [3.8, 4) is 0 Å². The van der Waals surface area contributed by atoms with Crippen LogP contribution in [0.1, 0.15) is 44.2 Å². The number of hydrogen-bond donors (Lipinski definition) is 2. The molecule has 1 aliphatic carbocycles. The zero-order chi connectivity index (χ0) is 28.9. The second kappa shape index (κ2) is 11.2. The number of ether oxygens (including phenoxy) is 2. The highest BCUT2D eigenvalue weighted by atomic mass is 16.5. The fourth-order valence-electron chi connectivity index (χ4n) is 7.67. The Labute approximate surface area is 243 Å². The number of fused-ring (bicyclic) bond motifs is 1. The van der Waals surface area contributed by atoms with Crippen LogP contribution in [-0.2, 0) is 23.9 Å². The first-order valence-corrected chi connectivity index (χ1v) is 15.4. The second-order valence-corrected chi connectivity index (χ2v) is 12.9. The fraction of sp³-hybridized carbons (Fsp3) is 0.656. The number of carbonyl (C=O) groups excluding carboxylic acids is 3. The Morgan fingerprint density at radius 1 is 1.05 bits per heavy atom. The van der Waals surface area contributed by atoms with E-state index in [2.05, 4.69) is 29.4 Å². The van der Waals surface area contributed by atoms with E-state index in [4.69, 9.17) is 9.47 Å². The summed E-state index contributed by atoms with van der Waals surface area (Å²) in [5, 5.41) is 6.37. The van der Waals surface area contributed by atoms with E-state index in [0.29, 0.717) is 43.8 Å². The fourth-order valence-corrected chi connectivity index (χ4v) is 7.67. The highest BCUT2D eigenvalue weighted by molar-refractivity contribution is 6.02. The van der Waals surface area contributed by atoms with Crippen molar-refractivity contribution in [2.45, 2.75) is 70.7 Å². The molecule has 4 heterocycles. The van der Waals surface area contributed by atoms with Crippen LogP contribution in [0.15, 0.2) is 30.4 Å². The molecule has 4 fully saturated rings. The first-order valence-electron chi connectivity index (χ1n) is 15.4. The molecule has 0 radical (unpaired) electrons. The van der Waals surface area contributed by atoms with Crippen molar-refractivity contribution in [1.29, 1.82) is 0 Å². The van der Waals surface area contributed by atoms with E-state index < -0.39 is 29.6 Å². The Morgan fingerprint density at radius 3 is 2.59 bits per heavy atom. The van der Waals surface area contributed by atoms with Crippen molar-refractivity contribution in [2.75, 3.05) is 44.7 Å². The van der Waals surface area contributed by atoms with Crippen molar-refractivity contribution in [2.24, 2.45) is 23.7 Å². The van der Waals surface area contributed by atoms with Crippen LogP contribution in [0, 0.1) is 37.5 Å². The monoisotopic (exact) mass is 564 g/mol. The smallest absolute Gasteiger partial charge is 0.246 e. The molecule has 1 saturated carbocycles. The molecule has 5 aliphatic rings. The number of hydrogen-bond acceptors (Lipinski definition) is 6. The van der Waals surface area contributed by atoms with E-state index in [-0.39, 0.29) is 23.8 Å². The second-order valence-electron chi connectivity index (χ2n) is 12.9. The molecule has 41 heavy (non-hydrogen) atoms. The van der Waals surface area contributed by atoms with Crippen LogP contribution in [-0.4, -0.2) is 90.7 Å². The molecule has 2 N–H and O–H groups in total. The Hall–Kier alpha value is -2.75. The number of likely N-dealkylation sites (tertiary alicyclic amines) is 1. The van der Waals surface area contributed by atoms with Gasteiger partial charge >= 0.3 is 0 Å². The van der Waals surface area contributed by atoms with Gasteiger partial charge in [0, 0.05) is 37.9 Å². The molecule has 1 aromatic carbocycles. The molecular formula is C32H44N4O5. The number of nitrogens with zero attached hydrogens (tertiary/aromatic N) is 2. The van der Waals surface area contributed by atoms with Crippen LogP contribution in [0.3, 0.4) is 0 Å². The standard InChI is InChI=1S/C32H44N4O5/c1-19-8-9-23(18-21(19)3)33-29(37)26-25-10-11-32(41-25)27(26)31(39)36(13-12-35-14-16-40-17-15-35)28(32)30(38)34-24-7-5-6-20(2)22(24)4/h8-11,18,20,22,24-28H,5-7,12-17H2,1-4H3,(H,33,37)(H,34,38)/t20?,22?,24?,25-,26?,27-,28?,32?/m1/s1. The summed E-state index contributed by atoms with van der Waals surface area (Å²) in [7, 11) is 0. The lowest BCUT2D eigenvalue weighted by Gasteiger charge is -2.38. The Morgan fingerprint density at radius 2 is 1.83 bits per heavy atom. The Balaban J connectivity index is 1.27. The minimum absolute atomic E-state index is 0.0596. The number of rotatable bonds is 7. The summed E-state index contributed by atoms with van der Waals surface area (Å²) in [6.07, 6.45) is 6.41. The molecule has 9 nitrogen and oxygen atoms in total. The Kier molecular flexibility index (Phi) is 7.72. The molecule has 3 amide bonds. The Bertz CT molecular complexity index is 1230. The first kappa shape index (κ1) is 28.4. The van der Waals surface area contributed by atoms with Gasteiger partial charge in [0.15, 0.2) is 0 Å². The van der Waals surface area contributed by atoms with E-state index in [9.17, 15) is 14.4 Å². The average molecular weight is 565 g/mol. The van der Waals surface area contributed by atoms with Gasteiger partial charge in [0.2, 0.25) is 17.7 Å². The lowest BCUT2D eigenvalue weighted by atomic mass is 9.73. The summed E-state index contributed by atoms with van der Waals surface area (Å²) in [4.78, 5) is 46.1. The predicted octanol–water partition coefficient (Wildman–Crippen LogP) is 2.67. The van der Waals surface area contributed by atoms with Gasteiger partial charge in [-0.2, -0.15) is 0 Å². The molecule has 3 saturated heterocycles. The number of carbonyl (C=O) groups is 3. The molecule has 2 bridgehead atoms. The normalized spacial score (nSPS) is 36.4. The van der Waals surface area contributed by atoms with E-state index in [1.54, 1.807) is 4.90 Å². The predicted molar refractivity (Wildman–Crippen MR) is 155 cm³/mol. The van der Waals surface area contributed by atoms with Gasteiger partial charge in [-0.15, -0.1) is 0 Å². The largest absolute Gasteiger partial charge is 0.379 e. The zero-order valence-corrected chi connectivity index (χ0v) is 24.7. The molecule has 1 aromatic rings. The van der Waals surface area contributed by atoms with Gasteiger partial charge in [-0.25, -0.2) is 0 Å². The summed E-state index contributed by atoms with van der Waals surface area (Å²) in [5.74, 6) is -1.15. The third-order valence-corrected chi connectivity index (χ3v) is 10.5. The third kappa shape index (κ3) is 5.00. The van der Waals surface area contributed by atoms with Crippen LogP contribution < -0.4 is 10.6 Å². The highest BCUT2D eigenvalue weighted by Gasteiger charge is 2.72. The quantitative estimate of drug-likeness (QED) is 0.494. The van der Waals surface area contributed by atoms with Gasteiger partial charge in [0.05, 0.1) is 31.2 Å². The molecule has 6 unspecified atom stereocenters. The lowest BCUT2D eigenvalue weighted by Crippen LogP contribution is -2.58. The third-order valence-electron chi connectivity index (χ3n) is 10.5. The summed E-state index contributed by atoms with van der Waals surface area (Å²) in [6, 6.07) is 5.05. The molecule has 222 valence electrons. The number of benzene rings is 1. The zero-order valence-electron chi connectivity index (χ0n) is 24.7. The van der Waals surface area contributed by atoms with Crippen molar-refractivity contribution in [1.82, 2.24) is 15.1 Å². The molecule has 0 aromatic heterocycles. The minimum Gasteiger partial charge on any atom is -0.379 e. The molecule has 9 heteroatoms. The number of anilines is 1. The van der Waals surface area contributed by atoms with Gasteiger partial charge in [0.25, 0.3) is 0 Å². The SMILES string of the molecule is Cc1ccc(NC(=O)C2[C@H]3C=CC4(O3)C(C(=O)NC3CCCC(C)C3C)N(CCN3CCOCC3)C(=O)[C@@H]24)cc1C. The van der Waals surface area contributed by atoms with Crippen LogP contribution in [0.2, 0.25) is 0 Å². The average Bonchev–Trinajstić information content (AvgIpc) is 3.60. The maximum Gasteiger partial charge on any atom is 0.246 e.